The number of hydrogen-bond donors (Lipinski definition) is 1. The lowest BCUT2D eigenvalue weighted by molar-refractivity contribution is -0.139. The second-order valence-corrected chi connectivity index (χ2v) is 6.98. The van der Waals surface area contributed by atoms with Crippen molar-refractivity contribution < 1.29 is 28.0 Å². The van der Waals surface area contributed by atoms with Gasteiger partial charge in [-0.15, -0.1) is 0 Å². The first-order chi connectivity index (χ1) is 10.9. The van der Waals surface area contributed by atoms with Crippen molar-refractivity contribution in [3.63, 3.8) is 0 Å². The van der Waals surface area contributed by atoms with Crippen LogP contribution in [0.25, 0.3) is 0 Å². The molecule has 1 N–H and O–H groups in total. The van der Waals surface area contributed by atoms with Gasteiger partial charge in [-0.05, 0) is 13.3 Å². The molecule has 0 radical (unpaired) electrons. The van der Waals surface area contributed by atoms with Gasteiger partial charge in [0.1, 0.15) is 6.61 Å². The van der Waals surface area contributed by atoms with Crippen molar-refractivity contribution >= 4 is 13.8 Å². The van der Waals surface area contributed by atoms with Crippen LogP contribution >= 0.6 is 7.82 Å². The lowest BCUT2D eigenvalue weighted by Gasteiger charge is -2.12. The normalized spacial score (nSPS) is 13.5. The summed E-state index contributed by atoms with van der Waals surface area (Å²) in [4.78, 5) is 20.5. The summed E-state index contributed by atoms with van der Waals surface area (Å²) in [5.41, 5.74) is 0.267. The third-order valence-electron chi connectivity index (χ3n) is 3.17. The van der Waals surface area contributed by atoms with E-state index >= 15 is 0 Å². The highest BCUT2D eigenvalue weighted by molar-refractivity contribution is 7.47. The molecule has 136 valence electrons. The van der Waals surface area contributed by atoms with Crippen molar-refractivity contribution in [2.75, 3.05) is 19.8 Å². The van der Waals surface area contributed by atoms with Crippen LogP contribution in [0.4, 0.5) is 0 Å². The van der Waals surface area contributed by atoms with Crippen LogP contribution in [0.5, 0.6) is 0 Å². The predicted molar refractivity (Wildman–Crippen MR) is 90.1 cm³/mol. The molecule has 0 rings (SSSR count). The third-order valence-corrected chi connectivity index (χ3v) is 4.19. The minimum atomic E-state index is -4.06. The minimum absolute atomic E-state index is 0.114. The van der Waals surface area contributed by atoms with Crippen LogP contribution in [-0.2, 0) is 23.1 Å². The summed E-state index contributed by atoms with van der Waals surface area (Å²) >= 11 is 0. The summed E-state index contributed by atoms with van der Waals surface area (Å²) in [5.74, 6) is -0.554. The van der Waals surface area contributed by atoms with Gasteiger partial charge >= 0.3 is 13.8 Å². The lowest BCUT2D eigenvalue weighted by atomic mass is 10.1. The van der Waals surface area contributed by atoms with E-state index in [1.165, 1.54) is 39.0 Å². The predicted octanol–water partition coefficient (Wildman–Crippen LogP) is 4.38. The molecular formula is C16H31O6P. The van der Waals surface area contributed by atoms with E-state index in [1.807, 2.05) is 0 Å². The summed E-state index contributed by atoms with van der Waals surface area (Å²) in [6.45, 7) is 7.02. The Balaban J connectivity index is 3.52. The van der Waals surface area contributed by atoms with Crippen molar-refractivity contribution in [3.05, 3.63) is 12.2 Å². The van der Waals surface area contributed by atoms with Crippen molar-refractivity contribution in [2.24, 2.45) is 0 Å². The molecule has 0 heterocycles. The van der Waals surface area contributed by atoms with Gasteiger partial charge < -0.3 is 9.63 Å². The van der Waals surface area contributed by atoms with Gasteiger partial charge in [0.25, 0.3) is 0 Å². The fourth-order valence-corrected chi connectivity index (χ4v) is 2.60. The van der Waals surface area contributed by atoms with Gasteiger partial charge in [-0.3, -0.25) is 9.05 Å². The molecule has 0 aromatic rings. The summed E-state index contributed by atoms with van der Waals surface area (Å²) in [7, 11) is -4.06. The number of phosphoric ester groups is 1. The molecule has 23 heavy (non-hydrogen) atoms. The molecule has 0 fully saturated rings. The maximum absolute atomic E-state index is 11.6. The number of unbranched alkanes of at least 4 members (excludes halogenated alkanes) is 7. The fourth-order valence-electron chi connectivity index (χ4n) is 1.86. The van der Waals surface area contributed by atoms with E-state index in [-0.39, 0.29) is 25.4 Å². The van der Waals surface area contributed by atoms with Gasteiger partial charge in [-0.1, -0.05) is 58.4 Å². The number of carbonyl (C=O) groups is 1. The van der Waals surface area contributed by atoms with Crippen LogP contribution < -0.4 is 0 Å². The average Bonchev–Trinajstić information content (AvgIpc) is 2.49. The van der Waals surface area contributed by atoms with E-state index in [0.29, 0.717) is 0 Å². The van der Waals surface area contributed by atoms with Gasteiger partial charge in [-0.2, -0.15) is 0 Å². The van der Waals surface area contributed by atoms with Crippen LogP contribution in [0.2, 0.25) is 0 Å². The summed E-state index contributed by atoms with van der Waals surface area (Å²) in [5, 5.41) is 0. The molecule has 0 spiro atoms. The average molecular weight is 350 g/mol. The van der Waals surface area contributed by atoms with Crippen LogP contribution in [-0.4, -0.2) is 30.7 Å². The first kappa shape index (κ1) is 22.3. The molecule has 0 aromatic heterocycles. The topological polar surface area (TPSA) is 82.1 Å². The fraction of sp³-hybridized carbons (Fsp3) is 0.812. The molecule has 1 unspecified atom stereocenters. The second kappa shape index (κ2) is 13.7. The Morgan fingerprint density at radius 1 is 0.957 bits per heavy atom. The Kier molecular flexibility index (Phi) is 13.3. The number of esters is 1. The third kappa shape index (κ3) is 14.6. The van der Waals surface area contributed by atoms with Crippen molar-refractivity contribution in [1.82, 2.24) is 0 Å². The number of ether oxygens (including phenoxy) is 1. The number of phosphoric acid groups is 1. The highest BCUT2D eigenvalue weighted by Crippen LogP contribution is 2.43. The zero-order valence-electron chi connectivity index (χ0n) is 14.4. The van der Waals surface area contributed by atoms with E-state index in [1.54, 1.807) is 0 Å². The molecule has 0 aliphatic heterocycles. The molecule has 0 saturated heterocycles. The Labute approximate surface area is 139 Å². The standard InChI is InChI=1S/C16H31O6P/c1-4-5-6-7-8-9-10-11-12-21-23(18,19)22-14-13-20-16(17)15(2)3/h2,4-14H2,1,3H3,(H,18,19). The van der Waals surface area contributed by atoms with Crippen molar-refractivity contribution in [1.29, 1.82) is 0 Å². The highest BCUT2D eigenvalue weighted by Gasteiger charge is 2.20. The van der Waals surface area contributed by atoms with Gasteiger partial charge in [0.05, 0.1) is 13.2 Å². The van der Waals surface area contributed by atoms with E-state index < -0.39 is 13.8 Å². The monoisotopic (exact) mass is 350 g/mol. The quantitative estimate of drug-likeness (QED) is 0.204. The molecule has 7 heteroatoms. The molecule has 6 nitrogen and oxygen atoms in total. The molecule has 1 atom stereocenters. The summed E-state index contributed by atoms with van der Waals surface area (Å²) in [6.07, 6.45) is 9.07. The van der Waals surface area contributed by atoms with E-state index in [2.05, 4.69) is 13.5 Å². The van der Waals surface area contributed by atoms with E-state index in [4.69, 9.17) is 13.8 Å². The van der Waals surface area contributed by atoms with E-state index in [0.717, 1.165) is 19.3 Å². The molecule has 0 saturated carbocycles. The zero-order valence-corrected chi connectivity index (χ0v) is 15.3. The summed E-state index contributed by atoms with van der Waals surface area (Å²) < 4.78 is 25.9. The Morgan fingerprint density at radius 3 is 2.04 bits per heavy atom. The summed E-state index contributed by atoms with van der Waals surface area (Å²) in [6, 6.07) is 0. The van der Waals surface area contributed by atoms with Crippen LogP contribution in [0.15, 0.2) is 12.2 Å². The minimum Gasteiger partial charge on any atom is -0.460 e. The van der Waals surface area contributed by atoms with Crippen molar-refractivity contribution in [2.45, 2.75) is 65.2 Å². The van der Waals surface area contributed by atoms with Crippen molar-refractivity contribution in [3.8, 4) is 0 Å². The maximum atomic E-state index is 11.6. The molecule has 0 aromatic carbocycles. The molecule has 0 aliphatic carbocycles. The van der Waals surface area contributed by atoms with Gasteiger partial charge in [0, 0.05) is 5.57 Å². The Morgan fingerprint density at radius 2 is 1.48 bits per heavy atom. The molecule has 0 amide bonds. The first-order valence-electron chi connectivity index (χ1n) is 8.33. The van der Waals surface area contributed by atoms with Crippen LogP contribution in [0.3, 0.4) is 0 Å². The van der Waals surface area contributed by atoms with E-state index in [9.17, 15) is 14.3 Å². The second-order valence-electron chi connectivity index (χ2n) is 5.53. The number of rotatable bonds is 15. The molecule has 0 bridgehead atoms. The molecule has 0 aliphatic rings. The van der Waals surface area contributed by atoms with Gasteiger partial charge in [-0.25, -0.2) is 9.36 Å². The smallest absolute Gasteiger partial charge is 0.460 e. The Hall–Kier alpha value is -0.680. The largest absolute Gasteiger partial charge is 0.472 e. The zero-order chi connectivity index (χ0) is 17.6. The lowest BCUT2D eigenvalue weighted by Crippen LogP contribution is -2.10. The number of hydrogen-bond acceptors (Lipinski definition) is 5. The SMILES string of the molecule is C=C(C)C(=O)OCCOP(=O)(O)OCCCCCCCCCC. The number of carbonyl (C=O) groups excluding carboxylic acids is 1. The molecular weight excluding hydrogens is 319 g/mol. The van der Waals surface area contributed by atoms with Gasteiger partial charge in [0.2, 0.25) is 0 Å². The maximum Gasteiger partial charge on any atom is 0.472 e. The Bertz CT molecular complexity index is 383. The van der Waals surface area contributed by atoms with Crippen LogP contribution in [0.1, 0.15) is 65.2 Å². The van der Waals surface area contributed by atoms with Gasteiger partial charge in [0.15, 0.2) is 0 Å². The first-order valence-corrected chi connectivity index (χ1v) is 9.83. The highest BCUT2D eigenvalue weighted by atomic mass is 31.2. The van der Waals surface area contributed by atoms with Crippen LogP contribution in [0, 0.1) is 0 Å².